The molecule has 0 atom stereocenters. The highest BCUT2D eigenvalue weighted by molar-refractivity contribution is 6.67. The van der Waals surface area contributed by atoms with Crippen LogP contribution in [0.2, 0.25) is 0 Å². The molecule has 0 amide bonds. The van der Waals surface area contributed by atoms with Crippen LogP contribution in [0.3, 0.4) is 0 Å². The predicted molar refractivity (Wildman–Crippen MR) is 68.0 cm³/mol. The predicted octanol–water partition coefficient (Wildman–Crippen LogP) is 2.72. The van der Waals surface area contributed by atoms with E-state index in [4.69, 9.17) is 16.0 Å². The fourth-order valence-electron chi connectivity index (χ4n) is 1.81. The Bertz CT molecular complexity index is 838. The lowest BCUT2D eigenvalue weighted by atomic mass is 10.1. The number of nitrogens with zero attached hydrogens (tertiary/aromatic N) is 1. The van der Waals surface area contributed by atoms with Crippen LogP contribution in [0.1, 0.15) is 10.4 Å². The molecule has 3 rings (SSSR count). The topological polar surface area (TPSA) is 60.2 Å². The van der Waals surface area contributed by atoms with E-state index in [0.29, 0.717) is 16.4 Å². The summed E-state index contributed by atoms with van der Waals surface area (Å²) in [6.07, 6.45) is 1.55. The Morgan fingerprint density at radius 3 is 2.83 bits per heavy atom. The molecule has 18 heavy (non-hydrogen) atoms. The zero-order valence-electron chi connectivity index (χ0n) is 9.01. The first-order valence-electron chi connectivity index (χ1n) is 5.18. The van der Waals surface area contributed by atoms with Crippen molar-refractivity contribution in [1.82, 2.24) is 4.98 Å². The lowest BCUT2D eigenvalue weighted by Gasteiger charge is -2.01. The third-order valence-electron chi connectivity index (χ3n) is 2.67. The summed E-state index contributed by atoms with van der Waals surface area (Å²) in [5.74, 6) is 0. The van der Waals surface area contributed by atoms with Gasteiger partial charge < -0.3 is 4.42 Å². The van der Waals surface area contributed by atoms with Crippen molar-refractivity contribution in [2.75, 3.05) is 0 Å². The van der Waals surface area contributed by atoms with Gasteiger partial charge in [0, 0.05) is 11.8 Å². The molecular formula is C13H6ClNO3. The van der Waals surface area contributed by atoms with E-state index in [2.05, 4.69) is 4.98 Å². The lowest BCUT2D eigenvalue weighted by molar-refractivity contribution is 0.108. The number of fused-ring (bicyclic) bond motifs is 2. The molecule has 0 saturated carbocycles. The van der Waals surface area contributed by atoms with Crippen molar-refractivity contribution < 1.29 is 9.21 Å². The van der Waals surface area contributed by atoms with Gasteiger partial charge in [-0.05, 0) is 41.9 Å². The van der Waals surface area contributed by atoms with Gasteiger partial charge in [-0.1, -0.05) is 0 Å². The second-order valence-electron chi connectivity index (χ2n) is 3.77. The molecule has 3 aromatic rings. The van der Waals surface area contributed by atoms with Gasteiger partial charge in [0.25, 0.3) is 5.24 Å². The lowest BCUT2D eigenvalue weighted by Crippen LogP contribution is -2.03. The molecule has 1 aromatic carbocycles. The molecular weight excluding hydrogens is 254 g/mol. The molecule has 5 heteroatoms. The molecule has 0 saturated heterocycles. The molecule has 4 nitrogen and oxygen atoms in total. The average Bonchev–Trinajstić information content (AvgIpc) is 2.38. The number of benzene rings is 1. The Hall–Kier alpha value is -2.20. The molecule has 0 bridgehead atoms. The summed E-state index contributed by atoms with van der Waals surface area (Å²) in [6, 6.07) is 7.77. The Balaban J connectivity index is 2.49. The van der Waals surface area contributed by atoms with Crippen LogP contribution >= 0.6 is 11.6 Å². The number of carbonyl (C=O) groups excluding carboxylic acids is 1. The molecule has 0 fully saturated rings. The largest absolute Gasteiger partial charge is 0.437 e. The normalized spacial score (nSPS) is 10.9. The Kier molecular flexibility index (Phi) is 2.38. The summed E-state index contributed by atoms with van der Waals surface area (Å²) in [6.45, 7) is 0. The minimum absolute atomic E-state index is 0.223. The van der Waals surface area contributed by atoms with E-state index >= 15 is 0 Å². The van der Waals surface area contributed by atoms with E-state index in [9.17, 15) is 9.59 Å². The van der Waals surface area contributed by atoms with Gasteiger partial charge in [0.05, 0.1) is 10.8 Å². The molecule has 0 N–H and O–H groups in total. The summed E-state index contributed by atoms with van der Waals surface area (Å²) in [5, 5.41) is 0.0914. The van der Waals surface area contributed by atoms with Gasteiger partial charge in [-0.15, -0.1) is 0 Å². The van der Waals surface area contributed by atoms with E-state index in [0.717, 1.165) is 0 Å². The quantitative estimate of drug-likeness (QED) is 0.498. The Labute approximate surface area is 106 Å². The zero-order chi connectivity index (χ0) is 12.7. The maximum Gasteiger partial charge on any atom is 0.252 e. The van der Waals surface area contributed by atoms with E-state index in [1.54, 1.807) is 24.4 Å². The van der Waals surface area contributed by atoms with Crippen molar-refractivity contribution in [2.45, 2.75) is 0 Å². The van der Waals surface area contributed by atoms with E-state index in [1.165, 1.54) is 12.1 Å². The van der Waals surface area contributed by atoms with Gasteiger partial charge in [0.15, 0.2) is 0 Å². The smallest absolute Gasteiger partial charge is 0.252 e. The monoisotopic (exact) mass is 259 g/mol. The van der Waals surface area contributed by atoms with Gasteiger partial charge in [0.2, 0.25) is 11.1 Å². The first-order valence-corrected chi connectivity index (χ1v) is 5.56. The van der Waals surface area contributed by atoms with Crippen LogP contribution in [-0.4, -0.2) is 10.2 Å². The first kappa shape index (κ1) is 10.9. The molecule has 0 radical (unpaired) electrons. The third kappa shape index (κ3) is 1.58. The molecule has 0 aliphatic carbocycles. The van der Waals surface area contributed by atoms with E-state index < -0.39 is 5.24 Å². The van der Waals surface area contributed by atoms with Crippen molar-refractivity contribution in [3.05, 3.63) is 52.3 Å². The average molecular weight is 260 g/mol. The minimum atomic E-state index is -0.609. The van der Waals surface area contributed by atoms with Crippen LogP contribution in [0.5, 0.6) is 0 Å². The molecule has 0 aliphatic rings. The number of hydrogen-bond acceptors (Lipinski definition) is 4. The van der Waals surface area contributed by atoms with Crippen molar-refractivity contribution in [3.8, 4) is 0 Å². The van der Waals surface area contributed by atoms with Crippen LogP contribution in [-0.2, 0) is 0 Å². The summed E-state index contributed by atoms with van der Waals surface area (Å²) >= 11 is 5.39. The van der Waals surface area contributed by atoms with Crippen molar-refractivity contribution in [2.24, 2.45) is 0 Å². The SMILES string of the molecule is O=C(Cl)c1ccc2oc3ncccc3c(=O)c2c1. The summed E-state index contributed by atoms with van der Waals surface area (Å²) in [5.41, 5.74) is 0.701. The van der Waals surface area contributed by atoms with Crippen molar-refractivity contribution in [3.63, 3.8) is 0 Å². The van der Waals surface area contributed by atoms with Crippen molar-refractivity contribution >= 4 is 38.9 Å². The van der Waals surface area contributed by atoms with E-state index in [-0.39, 0.29) is 16.7 Å². The second kappa shape index (κ2) is 3.92. The number of hydrogen-bond donors (Lipinski definition) is 0. The fourth-order valence-corrected chi connectivity index (χ4v) is 1.93. The summed E-state index contributed by atoms with van der Waals surface area (Å²) < 4.78 is 5.50. The van der Waals surface area contributed by atoms with Crippen LogP contribution in [0.25, 0.3) is 22.1 Å². The number of aromatic nitrogens is 1. The van der Waals surface area contributed by atoms with Gasteiger partial charge in [-0.25, -0.2) is 4.98 Å². The van der Waals surface area contributed by atoms with Gasteiger partial charge in [0.1, 0.15) is 5.58 Å². The zero-order valence-corrected chi connectivity index (χ0v) is 9.77. The van der Waals surface area contributed by atoms with Crippen molar-refractivity contribution in [1.29, 1.82) is 0 Å². The van der Waals surface area contributed by atoms with Crippen LogP contribution in [0.4, 0.5) is 0 Å². The van der Waals surface area contributed by atoms with Crippen LogP contribution in [0, 0.1) is 0 Å². The minimum Gasteiger partial charge on any atom is -0.437 e. The van der Waals surface area contributed by atoms with Gasteiger partial charge >= 0.3 is 0 Å². The Morgan fingerprint density at radius 2 is 2.06 bits per heavy atom. The fraction of sp³-hybridized carbons (Fsp3) is 0. The van der Waals surface area contributed by atoms with E-state index in [1.807, 2.05) is 0 Å². The number of pyridine rings is 1. The molecule has 2 heterocycles. The third-order valence-corrected chi connectivity index (χ3v) is 2.89. The van der Waals surface area contributed by atoms with Gasteiger partial charge in [-0.3, -0.25) is 9.59 Å². The highest BCUT2D eigenvalue weighted by Crippen LogP contribution is 2.18. The van der Waals surface area contributed by atoms with Crippen LogP contribution in [0.15, 0.2) is 45.7 Å². The van der Waals surface area contributed by atoms with Gasteiger partial charge in [-0.2, -0.15) is 0 Å². The number of rotatable bonds is 1. The number of halogens is 1. The maximum atomic E-state index is 12.2. The van der Waals surface area contributed by atoms with Crippen LogP contribution < -0.4 is 5.43 Å². The molecule has 88 valence electrons. The summed E-state index contributed by atoms with van der Waals surface area (Å²) in [4.78, 5) is 27.3. The molecule has 0 aliphatic heterocycles. The maximum absolute atomic E-state index is 12.2. The highest BCUT2D eigenvalue weighted by atomic mass is 35.5. The molecule has 0 unspecified atom stereocenters. The second-order valence-corrected chi connectivity index (χ2v) is 4.12. The summed E-state index contributed by atoms with van der Waals surface area (Å²) in [7, 11) is 0. The molecule has 2 aromatic heterocycles. The molecule has 0 spiro atoms. The number of carbonyl (C=O) groups is 1. The highest BCUT2D eigenvalue weighted by Gasteiger charge is 2.10. The first-order chi connectivity index (χ1) is 8.66. The Morgan fingerprint density at radius 1 is 1.22 bits per heavy atom. The standard InChI is InChI=1S/C13H6ClNO3/c14-12(17)7-3-4-10-9(6-7)11(16)8-2-1-5-15-13(8)18-10/h1-6H.